The van der Waals surface area contributed by atoms with Gasteiger partial charge in [0.25, 0.3) is 5.91 Å². The van der Waals surface area contributed by atoms with Crippen LogP contribution in [0.5, 0.6) is 0 Å². The second kappa shape index (κ2) is 6.55. The van der Waals surface area contributed by atoms with Crippen LogP contribution in [0.4, 0.5) is 5.69 Å². The van der Waals surface area contributed by atoms with Gasteiger partial charge in [0, 0.05) is 17.8 Å². The zero-order valence-electron chi connectivity index (χ0n) is 13.1. The van der Waals surface area contributed by atoms with Crippen LogP contribution in [0, 0.1) is 20.8 Å². The van der Waals surface area contributed by atoms with E-state index in [0.717, 1.165) is 28.9 Å². The molecule has 0 saturated heterocycles. The average molecular weight is 282 g/mol. The summed E-state index contributed by atoms with van der Waals surface area (Å²) in [5, 5.41) is 6.07. The van der Waals surface area contributed by atoms with Crippen molar-refractivity contribution >= 4 is 11.6 Å². The summed E-state index contributed by atoms with van der Waals surface area (Å²) in [6.45, 7) is 6.82. The fraction of sp³-hybridized carbons (Fsp3) is 0.278. The lowest BCUT2D eigenvalue weighted by molar-refractivity contribution is 0.102. The van der Waals surface area contributed by atoms with E-state index in [4.69, 9.17) is 0 Å². The van der Waals surface area contributed by atoms with E-state index in [1.807, 2.05) is 64.2 Å². The Morgan fingerprint density at radius 2 is 1.57 bits per heavy atom. The van der Waals surface area contributed by atoms with E-state index < -0.39 is 0 Å². The van der Waals surface area contributed by atoms with Gasteiger partial charge in [0.05, 0.1) is 0 Å². The highest BCUT2D eigenvalue weighted by atomic mass is 16.1. The summed E-state index contributed by atoms with van der Waals surface area (Å²) in [5.74, 6) is -0.0497. The van der Waals surface area contributed by atoms with Crippen LogP contribution < -0.4 is 10.6 Å². The lowest BCUT2D eigenvalue weighted by atomic mass is 9.99. The maximum absolute atomic E-state index is 12.5. The highest BCUT2D eigenvalue weighted by molar-refractivity contribution is 6.06. The largest absolute Gasteiger partial charge is 0.322 e. The first-order chi connectivity index (χ1) is 10.0. The van der Waals surface area contributed by atoms with Crippen LogP contribution >= 0.6 is 0 Å². The number of carbonyl (C=O) groups is 1. The number of hydrogen-bond donors (Lipinski definition) is 2. The molecule has 0 unspecified atom stereocenters. The molecule has 0 radical (unpaired) electrons. The third kappa shape index (κ3) is 3.70. The van der Waals surface area contributed by atoms with Crippen molar-refractivity contribution in [3.8, 4) is 0 Å². The molecule has 2 aromatic rings. The molecule has 1 amide bonds. The number of benzene rings is 2. The van der Waals surface area contributed by atoms with Gasteiger partial charge < -0.3 is 10.6 Å². The summed E-state index contributed by atoms with van der Waals surface area (Å²) < 4.78 is 0. The first kappa shape index (κ1) is 15.3. The Kier molecular flexibility index (Phi) is 4.76. The van der Waals surface area contributed by atoms with Gasteiger partial charge in [-0.15, -0.1) is 0 Å². The van der Waals surface area contributed by atoms with E-state index in [1.165, 1.54) is 11.1 Å². The van der Waals surface area contributed by atoms with Gasteiger partial charge in [0.1, 0.15) is 0 Å². The van der Waals surface area contributed by atoms with E-state index in [0.29, 0.717) is 0 Å². The standard InChI is InChI=1S/C18H22N2O/c1-12-9-13(2)17(14(3)10-12)18(21)20-16-7-5-15(6-8-16)11-19-4/h5-10,19H,11H2,1-4H3,(H,20,21). The van der Waals surface area contributed by atoms with Gasteiger partial charge >= 0.3 is 0 Å². The van der Waals surface area contributed by atoms with Crippen LogP contribution in [-0.2, 0) is 6.54 Å². The van der Waals surface area contributed by atoms with E-state index in [-0.39, 0.29) is 5.91 Å². The highest BCUT2D eigenvalue weighted by Crippen LogP contribution is 2.18. The SMILES string of the molecule is CNCc1ccc(NC(=O)c2c(C)cc(C)cc2C)cc1. The monoisotopic (exact) mass is 282 g/mol. The van der Waals surface area contributed by atoms with Crippen molar-refractivity contribution in [2.45, 2.75) is 27.3 Å². The van der Waals surface area contributed by atoms with Crippen molar-refractivity contribution in [2.75, 3.05) is 12.4 Å². The summed E-state index contributed by atoms with van der Waals surface area (Å²) in [5.41, 5.74) is 5.98. The summed E-state index contributed by atoms with van der Waals surface area (Å²) in [7, 11) is 1.92. The minimum atomic E-state index is -0.0497. The van der Waals surface area contributed by atoms with Crippen molar-refractivity contribution in [3.63, 3.8) is 0 Å². The van der Waals surface area contributed by atoms with E-state index in [1.54, 1.807) is 0 Å². The second-order valence-electron chi connectivity index (χ2n) is 5.46. The molecule has 0 saturated carbocycles. The number of rotatable bonds is 4. The number of anilines is 1. The Balaban J connectivity index is 2.18. The Labute approximate surface area is 126 Å². The van der Waals surface area contributed by atoms with Crippen molar-refractivity contribution in [2.24, 2.45) is 0 Å². The predicted octanol–water partition coefficient (Wildman–Crippen LogP) is 3.58. The van der Waals surface area contributed by atoms with Crippen LogP contribution in [0.2, 0.25) is 0 Å². The summed E-state index contributed by atoms with van der Waals surface area (Å²) >= 11 is 0. The molecule has 110 valence electrons. The molecule has 0 fully saturated rings. The summed E-state index contributed by atoms with van der Waals surface area (Å²) in [4.78, 5) is 12.5. The molecule has 0 bridgehead atoms. The van der Waals surface area contributed by atoms with Crippen LogP contribution in [0.3, 0.4) is 0 Å². The maximum Gasteiger partial charge on any atom is 0.256 e. The summed E-state index contributed by atoms with van der Waals surface area (Å²) in [6, 6.07) is 12.0. The van der Waals surface area contributed by atoms with E-state index >= 15 is 0 Å². The van der Waals surface area contributed by atoms with E-state index in [2.05, 4.69) is 10.6 Å². The normalized spacial score (nSPS) is 10.5. The quantitative estimate of drug-likeness (QED) is 0.900. The second-order valence-corrected chi connectivity index (χ2v) is 5.46. The Morgan fingerprint density at radius 1 is 1.00 bits per heavy atom. The molecule has 0 spiro atoms. The molecule has 0 aromatic heterocycles. The van der Waals surface area contributed by atoms with Gasteiger partial charge in [-0.3, -0.25) is 4.79 Å². The van der Waals surface area contributed by atoms with Crippen molar-refractivity contribution in [1.29, 1.82) is 0 Å². The first-order valence-electron chi connectivity index (χ1n) is 7.14. The minimum Gasteiger partial charge on any atom is -0.322 e. The van der Waals surface area contributed by atoms with Crippen LogP contribution in [0.1, 0.15) is 32.6 Å². The smallest absolute Gasteiger partial charge is 0.256 e. The lowest BCUT2D eigenvalue weighted by Crippen LogP contribution is -2.15. The Bertz CT molecular complexity index is 622. The predicted molar refractivity (Wildman–Crippen MR) is 87.8 cm³/mol. The first-order valence-corrected chi connectivity index (χ1v) is 7.14. The number of amides is 1. The third-order valence-corrected chi connectivity index (χ3v) is 3.50. The molecule has 0 atom stereocenters. The molecule has 3 nitrogen and oxygen atoms in total. The molecule has 0 heterocycles. The van der Waals surface area contributed by atoms with Gasteiger partial charge in [-0.05, 0) is 56.6 Å². The van der Waals surface area contributed by atoms with Crippen molar-refractivity contribution in [3.05, 3.63) is 64.2 Å². The molecule has 2 aromatic carbocycles. The van der Waals surface area contributed by atoms with Gasteiger partial charge in [-0.1, -0.05) is 29.8 Å². The van der Waals surface area contributed by atoms with E-state index in [9.17, 15) is 4.79 Å². The highest BCUT2D eigenvalue weighted by Gasteiger charge is 2.12. The van der Waals surface area contributed by atoms with Crippen LogP contribution in [0.15, 0.2) is 36.4 Å². The molecular formula is C18H22N2O. The fourth-order valence-electron chi connectivity index (χ4n) is 2.64. The zero-order chi connectivity index (χ0) is 15.4. The average Bonchev–Trinajstić information content (AvgIpc) is 2.40. The lowest BCUT2D eigenvalue weighted by Gasteiger charge is -2.12. The fourth-order valence-corrected chi connectivity index (χ4v) is 2.64. The maximum atomic E-state index is 12.5. The number of hydrogen-bond acceptors (Lipinski definition) is 2. The van der Waals surface area contributed by atoms with Gasteiger partial charge in [0.15, 0.2) is 0 Å². The van der Waals surface area contributed by atoms with Crippen molar-refractivity contribution < 1.29 is 4.79 Å². The van der Waals surface area contributed by atoms with Gasteiger partial charge in [-0.25, -0.2) is 0 Å². The molecule has 3 heteroatoms. The Morgan fingerprint density at radius 3 is 2.10 bits per heavy atom. The minimum absolute atomic E-state index is 0.0497. The molecule has 0 aliphatic carbocycles. The molecule has 0 aliphatic heterocycles. The molecule has 2 N–H and O–H groups in total. The molecule has 2 rings (SSSR count). The third-order valence-electron chi connectivity index (χ3n) is 3.50. The van der Waals surface area contributed by atoms with Crippen molar-refractivity contribution in [1.82, 2.24) is 5.32 Å². The number of nitrogens with one attached hydrogen (secondary N) is 2. The zero-order valence-corrected chi connectivity index (χ0v) is 13.1. The molecule has 21 heavy (non-hydrogen) atoms. The molecule has 0 aliphatic rings. The van der Waals surface area contributed by atoms with Gasteiger partial charge in [-0.2, -0.15) is 0 Å². The van der Waals surface area contributed by atoms with Crippen LogP contribution in [0.25, 0.3) is 0 Å². The van der Waals surface area contributed by atoms with Crippen LogP contribution in [-0.4, -0.2) is 13.0 Å². The topological polar surface area (TPSA) is 41.1 Å². The number of aryl methyl sites for hydroxylation is 3. The summed E-state index contributed by atoms with van der Waals surface area (Å²) in [6.07, 6.45) is 0. The van der Waals surface area contributed by atoms with Gasteiger partial charge in [0.2, 0.25) is 0 Å². The molecular weight excluding hydrogens is 260 g/mol. The Hall–Kier alpha value is -2.13. The number of carbonyl (C=O) groups excluding carboxylic acids is 1.